The van der Waals surface area contributed by atoms with Gasteiger partial charge in [-0.15, -0.1) is 0 Å². The zero-order chi connectivity index (χ0) is 9.68. The number of carbonyl (C=O) groups excluding carboxylic acids is 1. The highest BCUT2D eigenvalue weighted by atomic mass is 16.6. The van der Waals surface area contributed by atoms with E-state index < -0.39 is 4.92 Å². The smallest absolute Gasteiger partial charge is 0.258 e. The van der Waals surface area contributed by atoms with Gasteiger partial charge < -0.3 is 0 Å². The summed E-state index contributed by atoms with van der Waals surface area (Å²) in [6.45, 7) is 0. The number of benzene rings is 1. The number of para-hydroxylation sites is 1. The second-order valence-electron chi connectivity index (χ2n) is 2.41. The Morgan fingerprint density at radius 3 is 2.77 bits per heavy atom. The van der Waals surface area contributed by atoms with E-state index in [1.807, 2.05) is 0 Å². The van der Waals surface area contributed by atoms with Gasteiger partial charge in [0, 0.05) is 24.1 Å². The van der Waals surface area contributed by atoms with E-state index in [4.69, 9.17) is 0 Å². The molecule has 0 aliphatic rings. The van der Waals surface area contributed by atoms with Gasteiger partial charge in [-0.05, 0) is 0 Å². The first kappa shape index (κ1) is 9.16. The van der Waals surface area contributed by atoms with E-state index in [2.05, 4.69) is 0 Å². The van der Waals surface area contributed by atoms with Crippen LogP contribution >= 0.6 is 0 Å². The molecule has 0 amide bonds. The molecule has 0 aliphatic carbocycles. The van der Waals surface area contributed by atoms with Crippen LogP contribution in [0.4, 0.5) is 5.69 Å². The minimum Gasteiger partial charge on any atom is -0.258 e. The lowest BCUT2D eigenvalue weighted by molar-refractivity contribution is -0.385. The first-order valence-electron chi connectivity index (χ1n) is 3.67. The summed E-state index contributed by atoms with van der Waals surface area (Å²) in [6.07, 6.45) is 1.48. The average molecular weight is 177 g/mol. The molecule has 66 valence electrons. The van der Waals surface area contributed by atoms with Crippen LogP contribution in [-0.4, -0.2) is 10.9 Å². The number of nitro groups is 1. The maximum atomic E-state index is 10.5. The average Bonchev–Trinajstić information content (AvgIpc) is 2.15. The van der Waals surface area contributed by atoms with Crippen LogP contribution < -0.4 is 0 Å². The van der Waals surface area contributed by atoms with Crippen molar-refractivity contribution in [3.05, 3.63) is 46.0 Å². The molecule has 0 unspecified atom stereocenters. The van der Waals surface area contributed by atoms with Crippen molar-refractivity contribution >= 4 is 11.6 Å². The second kappa shape index (κ2) is 4.18. The molecule has 0 saturated carbocycles. The molecule has 0 saturated heterocycles. The van der Waals surface area contributed by atoms with Gasteiger partial charge in [-0.25, -0.2) is 4.79 Å². The van der Waals surface area contributed by atoms with Crippen LogP contribution in [0.2, 0.25) is 0 Å². The lowest BCUT2D eigenvalue weighted by Gasteiger charge is -1.96. The molecule has 0 bridgehead atoms. The Balaban J connectivity index is 3.04. The Morgan fingerprint density at radius 1 is 1.46 bits per heavy atom. The summed E-state index contributed by atoms with van der Waals surface area (Å²) < 4.78 is 0. The largest absolute Gasteiger partial charge is 0.272 e. The number of nitro benzene ring substituents is 1. The van der Waals surface area contributed by atoms with E-state index in [0.717, 1.165) is 0 Å². The molecule has 1 aromatic rings. The van der Waals surface area contributed by atoms with Crippen molar-refractivity contribution in [2.24, 2.45) is 0 Å². The number of hydrogen-bond donors (Lipinski definition) is 0. The van der Waals surface area contributed by atoms with Gasteiger partial charge in [0.05, 0.1) is 4.92 Å². The molecule has 0 atom stereocenters. The van der Waals surface area contributed by atoms with Crippen molar-refractivity contribution in [2.75, 3.05) is 0 Å². The Kier molecular flexibility index (Phi) is 2.95. The second-order valence-corrected chi connectivity index (χ2v) is 2.41. The molecule has 4 nitrogen and oxygen atoms in total. The monoisotopic (exact) mass is 177 g/mol. The number of rotatable bonds is 3. The molecule has 0 N–H and O–H groups in total. The molecular weight excluding hydrogens is 170 g/mol. The third-order valence-corrected chi connectivity index (χ3v) is 1.59. The van der Waals surface area contributed by atoms with E-state index >= 15 is 0 Å². The summed E-state index contributed by atoms with van der Waals surface area (Å²) in [5.41, 5.74) is 0.560. The Hall–Kier alpha value is -1.93. The van der Waals surface area contributed by atoms with Crippen LogP contribution in [0.15, 0.2) is 30.3 Å². The predicted molar refractivity (Wildman–Crippen MR) is 47.1 cm³/mol. The van der Waals surface area contributed by atoms with E-state index in [-0.39, 0.29) is 12.1 Å². The summed E-state index contributed by atoms with van der Waals surface area (Å²) in [7, 11) is 0. The molecule has 0 aromatic heterocycles. The molecular formula is C9H7NO3. The number of hydrogen-bond acceptors (Lipinski definition) is 3. The maximum Gasteiger partial charge on any atom is 0.272 e. The third kappa shape index (κ3) is 2.25. The summed E-state index contributed by atoms with van der Waals surface area (Å²) in [4.78, 5) is 19.9. The highest BCUT2D eigenvalue weighted by Crippen LogP contribution is 2.17. The Morgan fingerprint density at radius 2 is 2.15 bits per heavy atom. The van der Waals surface area contributed by atoms with Gasteiger partial charge in [0.15, 0.2) is 0 Å². The molecule has 1 aromatic carbocycles. The van der Waals surface area contributed by atoms with E-state index in [1.54, 1.807) is 24.1 Å². The Bertz CT molecular complexity index is 367. The summed E-state index contributed by atoms with van der Waals surface area (Å²) >= 11 is 0. The SMILES string of the molecule is O=C=CCc1ccccc1[N+](=O)[O-]. The lowest BCUT2D eigenvalue weighted by Crippen LogP contribution is -1.93. The fourth-order valence-corrected chi connectivity index (χ4v) is 1.01. The molecule has 0 radical (unpaired) electrons. The van der Waals surface area contributed by atoms with Crippen LogP contribution in [0.5, 0.6) is 0 Å². The molecule has 0 fully saturated rings. The maximum absolute atomic E-state index is 10.5. The van der Waals surface area contributed by atoms with E-state index in [0.29, 0.717) is 5.56 Å². The van der Waals surface area contributed by atoms with E-state index in [1.165, 1.54) is 12.1 Å². The van der Waals surface area contributed by atoms with Gasteiger partial charge in [0.25, 0.3) is 5.69 Å². The van der Waals surface area contributed by atoms with Crippen LogP contribution in [0.25, 0.3) is 0 Å². The molecule has 0 spiro atoms. The summed E-state index contributed by atoms with van der Waals surface area (Å²) in [5, 5.41) is 10.5. The minimum atomic E-state index is -0.464. The fraction of sp³-hybridized carbons (Fsp3) is 0.111. The van der Waals surface area contributed by atoms with Gasteiger partial charge in [-0.3, -0.25) is 10.1 Å². The van der Waals surface area contributed by atoms with Crippen LogP contribution in [0.3, 0.4) is 0 Å². The van der Waals surface area contributed by atoms with Crippen molar-refractivity contribution in [1.82, 2.24) is 0 Å². The predicted octanol–water partition coefficient (Wildman–Crippen LogP) is 1.53. The first-order chi connectivity index (χ1) is 6.25. The molecule has 4 heteroatoms. The fourth-order valence-electron chi connectivity index (χ4n) is 1.01. The molecule has 0 heterocycles. The highest BCUT2D eigenvalue weighted by Gasteiger charge is 2.09. The lowest BCUT2D eigenvalue weighted by atomic mass is 10.1. The van der Waals surface area contributed by atoms with Gasteiger partial charge >= 0.3 is 0 Å². The zero-order valence-electron chi connectivity index (χ0n) is 6.77. The number of nitrogens with zero attached hydrogens (tertiary/aromatic N) is 1. The molecule has 0 aliphatic heterocycles. The van der Waals surface area contributed by atoms with Crippen LogP contribution in [-0.2, 0) is 11.2 Å². The summed E-state index contributed by atoms with van der Waals surface area (Å²) in [6, 6.07) is 6.31. The van der Waals surface area contributed by atoms with Gasteiger partial charge in [-0.2, -0.15) is 0 Å². The van der Waals surface area contributed by atoms with Gasteiger partial charge in [0.2, 0.25) is 0 Å². The van der Waals surface area contributed by atoms with E-state index in [9.17, 15) is 14.9 Å². The topological polar surface area (TPSA) is 60.2 Å². The van der Waals surface area contributed by atoms with Crippen molar-refractivity contribution in [1.29, 1.82) is 0 Å². The van der Waals surface area contributed by atoms with Crippen molar-refractivity contribution < 1.29 is 9.72 Å². The van der Waals surface area contributed by atoms with Crippen molar-refractivity contribution in [3.63, 3.8) is 0 Å². The quantitative estimate of drug-likeness (QED) is 0.399. The van der Waals surface area contributed by atoms with Crippen molar-refractivity contribution in [2.45, 2.75) is 6.42 Å². The highest BCUT2D eigenvalue weighted by molar-refractivity contribution is 5.49. The zero-order valence-corrected chi connectivity index (χ0v) is 6.77. The van der Waals surface area contributed by atoms with Crippen molar-refractivity contribution in [3.8, 4) is 0 Å². The summed E-state index contributed by atoms with van der Waals surface area (Å²) in [5.74, 6) is 1.58. The van der Waals surface area contributed by atoms with Crippen LogP contribution in [0.1, 0.15) is 5.56 Å². The minimum absolute atomic E-state index is 0.0361. The molecule has 13 heavy (non-hydrogen) atoms. The number of allylic oxidation sites excluding steroid dienone is 1. The molecule has 1 rings (SSSR count). The van der Waals surface area contributed by atoms with Gasteiger partial charge in [-0.1, -0.05) is 18.2 Å². The third-order valence-electron chi connectivity index (χ3n) is 1.59. The normalized spacial score (nSPS) is 8.92. The Labute approximate surface area is 74.7 Å². The van der Waals surface area contributed by atoms with Gasteiger partial charge in [0.1, 0.15) is 5.94 Å². The first-order valence-corrected chi connectivity index (χ1v) is 3.67. The van der Waals surface area contributed by atoms with Crippen LogP contribution in [0, 0.1) is 10.1 Å². The standard InChI is InChI=1S/C9H7NO3/c11-7-3-5-8-4-1-2-6-9(8)10(12)13/h1-4,6H,5H2.